The first kappa shape index (κ1) is 10.4. The predicted octanol–water partition coefficient (Wildman–Crippen LogP) is -0.00808. The number of hydrogen-bond donors (Lipinski definition) is 2. The van der Waals surface area contributed by atoms with E-state index in [1.807, 2.05) is 23.8 Å². The van der Waals surface area contributed by atoms with Crippen molar-refractivity contribution in [3.8, 4) is 0 Å². The highest BCUT2D eigenvalue weighted by Gasteiger charge is 2.05. The topological polar surface area (TPSA) is 84.6 Å². The summed E-state index contributed by atoms with van der Waals surface area (Å²) in [6.45, 7) is 1.92. The van der Waals surface area contributed by atoms with Crippen LogP contribution in [0, 0.1) is 6.92 Å². The summed E-state index contributed by atoms with van der Waals surface area (Å²) < 4.78 is 0. The van der Waals surface area contributed by atoms with E-state index < -0.39 is 11.8 Å². The van der Waals surface area contributed by atoms with Gasteiger partial charge in [-0.2, -0.15) is 5.10 Å². The third-order valence-corrected chi connectivity index (χ3v) is 2.43. The molecule has 0 aromatic carbocycles. The molecule has 0 radical (unpaired) electrons. The Kier molecular flexibility index (Phi) is 3.35. The average Bonchev–Trinajstić information content (AvgIpc) is 2.51. The fourth-order valence-electron chi connectivity index (χ4n) is 0.721. The maximum Gasteiger partial charge on any atom is 0.329 e. The SMILES string of the molecule is Cc1ccsc1/C=N/NC(=O)C(N)=O. The third-order valence-electron chi connectivity index (χ3n) is 1.47. The fraction of sp³-hybridized carbons (Fsp3) is 0.125. The zero-order valence-corrected chi connectivity index (χ0v) is 8.30. The van der Waals surface area contributed by atoms with Crippen molar-refractivity contribution in [1.82, 2.24) is 5.43 Å². The zero-order chi connectivity index (χ0) is 10.6. The van der Waals surface area contributed by atoms with Crippen molar-refractivity contribution in [3.05, 3.63) is 21.9 Å². The number of amides is 2. The van der Waals surface area contributed by atoms with Crippen LogP contribution >= 0.6 is 11.3 Å². The molecule has 14 heavy (non-hydrogen) atoms. The van der Waals surface area contributed by atoms with Crippen molar-refractivity contribution in [2.24, 2.45) is 10.8 Å². The molecular formula is C8H9N3O2S. The summed E-state index contributed by atoms with van der Waals surface area (Å²) in [5, 5.41) is 5.49. The van der Waals surface area contributed by atoms with Gasteiger partial charge in [0.1, 0.15) is 0 Å². The number of hydrazone groups is 1. The van der Waals surface area contributed by atoms with Gasteiger partial charge in [-0.05, 0) is 23.9 Å². The fourth-order valence-corrected chi connectivity index (χ4v) is 1.51. The van der Waals surface area contributed by atoms with Gasteiger partial charge in [0.25, 0.3) is 0 Å². The minimum absolute atomic E-state index is 0.921. The van der Waals surface area contributed by atoms with Crippen molar-refractivity contribution in [3.63, 3.8) is 0 Å². The summed E-state index contributed by atoms with van der Waals surface area (Å²) in [6, 6.07) is 1.93. The van der Waals surface area contributed by atoms with E-state index in [1.165, 1.54) is 17.6 Å². The molecule has 5 nitrogen and oxygen atoms in total. The van der Waals surface area contributed by atoms with Gasteiger partial charge in [-0.3, -0.25) is 9.59 Å². The normalized spacial score (nSPS) is 10.4. The first-order chi connectivity index (χ1) is 6.61. The van der Waals surface area contributed by atoms with Gasteiger partial charge in [-0.25, -0.2) is 5.43 Å². The number of aryl methyl sites for hydroxylation is 1. The lowest BCUT2D eigenvalue weighted by atomic mass is 10.3. The minimum Gasteiger partial charge on any atom is -0.361 e. The number of thiophene rings is 1. The number of primary amides is 1. The molecule has 1 aromatic rings. The number of nitrogens with one attached hydrogen (secondary N) is 1. The summed E-state index contributed by atoms with van der Waals surface area (Å²) >= 11 is 1.49. The van der Waals surface area contributed by atoms with Crippen molar-refractivity contribution >= 4 is 29.4 Å². The minimum atomic E-state index is -1.05. The Morgan fingerprint density at radius 3 is 2.86 bits per heavy atom. The monoisotopic (exact) mass is 211 g/mol. The molecular weight excluding hydrogens is 202 g/mol. The molecule has 1 aromatic heterocycles. The second-order valence-corrected chi connectivity index (χ2v) is 3.48. The Labute approximate surface area is 84.6 Å². The van der Waals surface area contributed by atoms with Crippen LogP contribution in [0.25, 0.3) is 0 Å². The summed E-state index contributed by atoms with van der Waals surface area (Å²) in [7, 11) is 0. The van der Waals surface area contributed by atoms with E-state index in [1.54, 1.807) is 0 Å². The Hall–Kier alpha value is -1.69. The quantitative estimate of drug-likeness (QED) is 0.409. The van der Waals surface area contributed by atoms with Crippen LogP contribution in [0.4, 0.5) is 0 Å². The molecule has 0 bridgehead atoms. The van der Waals surface area contributed by atoms with Crippen LogP contribution in [-0.4, -0.2) is 18.0 Å². The number of nitrogens with zero attached hydrogens (tertiary/aromatic N) is 1. The molecule has 0 aliphatic carbocycles. The summed E-state index contributed by atoms with van der Waals surface area (Å²) in [4.78, 5) is 21.9. The van der Waals surface area contributed by atoms with Crippen molar-refractivity contribution < 1.29 is 9.59 Å². The lowest BCUT2D eigenvalue weighted by Gasteiger charge is -1.92. The number of rotatable bonds is 2. The van der Waals surface area contributed by atoms with Crippen molar-refractivity contribution in [1.29, 1.82) is 0 Å². The summed E-state index contributed by atoms with van der Waals surface area (Å²) in [5.74, 6) is -1.97. The molecule has 0 saturated carbocycles. The first-order valence-electron chi connectivity index (χ1n) is 3.78. The predicted molar refractivity (Wildman–Crippen MR) is 54.0 cm³/mol. The lowest BCUT2D eigenvalue weighted by molar-refractivity contribution is -0.137. The van der Waals surface area contributed by atoms with E-state index in [0.717, 1.165) is 10.4 Å². The van der Waals surface area contributed by atoms with Gasteiger partial charge < -0.3 is 5.73 Å². The van der Waals surface area contributed by atoms with Crippen LogP contribution in [0.2, 0.25) is 0 Å². The molecule has 3 N–H and O–H groups in total. The summed E-state index contributed by atoms with van der Waals surface area (Å²) in [6.07, 6.45) is 1.47. The maximum atomic E-state index is 10.7. The highest BCUT2D eigenvalue weighted by molar-refractivity contribution is 7.11. The van der Waals surface area contributed by atoms with Gasteiger partial charge in [0.15, 0.2) is 0 Å². The van der Waals surface area contributed by atoms with E-state index >= 15 is 0 Å². The lowest BCUT2D eigenvalue weighted by Crippen LogP contribution is -2.32. The second-order valence-electron chi connectivity index (χ2n) is 2.53. The molecule has 6 heteroatoms. The molecule has 1 heterocycles. The van der Waals surface area contributed by atoms with E-state index in [4.69, 9.17) is 5.73 Å². The van der Waals surface area contributed by atoms with Gasteiger partial charge in [-0.1, -0.05) is 0 Å². The van der Waals surface area contributed by atoms with Gasteiger partial charge in [0, 0.05) is 4.88 Å². The molecule has 0 aliphatic rings. The molecule has 0 fully saturated rings. The smallest absolute Gasteiger partial charge is 0.329 e. The van der Waals surface area contributed by atoms with Crippen LogP contribution in [0.5, 0.6) is 0 Å². The van der Waals surface area contributed by atoms with Gasteiger partial charge in [-0.15, -0.1) is 11.3 Å². The first-order valence-corrected chi connectivity index (χ1v) is 4.66. The summed E-state index contributed by atoms with van der Waals surface area (Å²) in [5.41, 5.74) is 7.78. The average molecular weight is 211 g/mol. The Bertz CT molecular complexity index is 384. The van der Waals surface area contributed by atoms with Gasteiger partial charge >= 0.3 is 11.8 Å². The molecule has 2 amide bonds. The standard InChI is InChI=1S/C8H9N3O2S/c1-5-2-3-14-6(5)4-10-11-8(13)7(9)12/h2-4H,1H3,(H2,9,12)(H,11,13)/b10-4+. The van der Waals surface area contributed by atoms with E-state index in [-0.39, 0.29) is 0 Å². The molecule has 1 rings (SSSR count). The maximum absolute atomic E-state index is 10.7. The van der Waals surface area contributed by atoms with Crippen molar-refractivity contribution in [2.75, 3.05) is 0 Å². The zero-order valence-electron chi connectivity index (χ0n) is 7.48. The van der Waals surface area contributed by atoms with Crippen LogP contribution < -0.4 is 11.2 Å². The number of carbonyl (C=O) groups excluding carboxylic acids is 2. The molecule has 0 unspecified atom stereocenters. The highest BCUT2D eigenvalue weighted by Crippen LogP contribution is 2.11. The van der Waals surface area contributed by atoms with Crippen LogP contribution in [0.1, 0.15) is 10.4 Å². The third kappa shape index (κ3) is 2.67. The van der Waals surface area contributed by atoms with E-state index in [2.05, 4.69) is 5.10 Å². The molecule has 0 spiro atoms. The van der Waals surface area contributed by atoms with Crippen LogP contribution in [0.15, 0.2) is 16.5 Å². The van der Waals surface area contributed by atoms with Crippen LogP contribution in [0.3, 0.4) is 0 Å². The second kappa shape index (κ2) is 4.52. The van der Waals surface area contributed by atoms with Gasteiger partial charge in [0.2, 0.25) is 0 Å². The molecule has 0 aliphatic heterocycles. The van der Waals surface area contributed by atoms with E-state index in [9.17, 15) is 9.59 Å². The molecule has 74 valence electrons. The van der Waals surface area contributed by atoms with Crippen LogP contribution in [-0.2, 0) is 9.59 Å². The van der Waals surface area contributed by atoms with Crippen molar-refractivity contribution in [2.45, 2.75) is 6.92 Å². The molecule has 0 atom stereocenters. The Morgan fingerprint density at radius 1 is 1.64 bits per heavy atom. The number of carbonyl (C=O) groups is 2. The highest BCUT2D eigenvalue weighted by atomic mass is 32.1. The number of nitrogens with two attached hydrogens (primary N) is 1. The Balaban J connectivity index is 2.54. The largest absolute Gasteiger partial charge is 0.361 e. The van der Waals surface area contributed by atoms with Gasteiger partial charge in [0.05, 0.1) is 6.21 Å². The van der Waals surface area contributed by atoms with E-state index in [0.29, 0.717) is 0 Å². The molecule has 0 saturated heterocycles. The Morgan fingerprint density at radius 2 is 2.36 bits per heavy atom. The number of hydrogen-bond acceptors (Lipinski definition) is 4.